The van der Waals surface area contributed by atoms with Crippen molar-refractivity contribution in [3.63, 3.8) is 0 Å². The highest BCUT2D eigenvalue weighted by molar-refractivity contribution is 5.37. The zero-order chi connectivity index (χ0) is 17.1. The molecule has 5 heteroatoms. The number of hydrogen-bond donors (Lipinski definition) is 1. The molecule has 0 bridgehead atoms. The van der Waals surface area contributed by atoms with Gasteiger partial charge in [-0.1, -0.05) is 6.07 Å². The third-order valence-corrected chi connectivity index (χ3v) is 5.72. The zero-order valence-electron chi connectivity index (χ0n) is 15.1. The van der Waals surface area contributed by atoms with E-state index in [1.807, 2.05) is 23.1 Å². The monoisotopic (exact) mass is 340 g/mol. The largest absolute Gasteiger partial charge is 0.496 e. The zero-order valence-corrected chi connectivity index (χ0v) is 15.1. The van der Waals surface area contributed by atoms with Gasteiger partial charge in [0.1, 0.15) is 5.75 Å². The second-order valence-electron chi connectivity index (χ2n) is 7.59. The van der Waals surface area contributed by atoms with Crippen LogP contribution in [0.15, 0.2) is 36.7 Å². The molecule has 2 aromatic rings. The number of likely N-dealkylation sites (tertiary alicyclic amines) is 1. The van der Waals surface area contributed by atoms with Crippen molar-refractivity contribution in [1.82, 2.24) is 20.0 Å². The van der Waals surface area contributed by atoms with Gasteiger partial charge in [0.15, 0.2) is 0 Å². The Morgan fingerprint density at radius 2 is 2.24 bits per heavy atom. The number of aromatic nitrogens is 2. The number of nitrogens with one attached hydrogen (secondary N) is 1. The van der Waals surface area contributed by atoms with Crippen LogP contribution in [0.1, 0.15) is 30.4 Å². The van der Waals surface area contributed by atoms with E-state index in [4.69, 9.17) is 4.74 Å². The number of methoxy groups -OCH3 is 1. The maximum atomic E-state index is 5.55. The molecule has 134 valence electrons. The lowest BCUT2D eigenvalue weighted by atomic mass is 9.80. The number of hydrogen-bond acceptors (Lipinski definition) is 4. The Morgan fingerprint density at radius 1 is 1.28 bits per heavy atom. The molecule has 2 aliphatic rings. The van der Waals surface area contributed by atoms with E-state index in [1.165, 1.54) is 56.6 Å². The van der Waals surface area contributed by atoms with Gasteiger partial charge in [0.2, 0.25) is 0 Å². The lowest BCUT2D eigenvalue weighted by Gasteiger charge is -2.34. The van der Waals surface area contributed by atoms with Gasteiger partial charge in [-0.2, -0.15) is 5.10 Å². The summed E-state index contributed by atoms with van der Waals surface area (Å²) in [5.41, 5.74) is 3.07. The Morgan fingerprint density at radius 3 is 3.00 bits per heavy atom. The number of nitrogens with zero attached hydrogens (tertiary/aromatic N) is 3. The first-order valence-corrected chi connectivity index (χ1v) is 9.33. The van der Waals surface area contributed by atoms with Crippen LogP contribution < -0.4 is 10.1 Å². The molecule has 0 amide bonds. The molecule has 3 heterocycles. The predicted octanol–water partition coefficient (Wildman–Crippen LogP) is 2.52. The van der Waals surface area contributed by atoms with Gasteiger partial charge < -0.3 is 10.1 Å². The van der Waals surface area contributed by atoms with Crippen molar-refractivity contribution in [2.45, 2.75) is 32.4 Å². The van der Waals surface area contributed by atoms with Crippen LogP contribution in [0.3, 0.4) is 0 Å². The lowest BCUT2D eigenvalue weighted by molar-refractivity contribution is 0.199. The van der Waals surface area contributed by atoms with Crippen LogP contribution in [0.4, 0.5) is 0 Å². The Kier molecular flexibility index (Phi) is 4.77. The Labute approximate surface area is 150 Å². The second-order valence-corrected chi connectivity index (χ2v) is 7.59. The van der Waals surface area contributed by atoms with Crippen LogP contribution in [0, 0.1) is 5.41 Å². The highest BCUT2D eigenvalue weighted by atomic mass is 16.5. The molecule has 0 saturated carbocycles. The summed E-state index contributed by atoms with van der Waals surface area (Å²) in [4.78, 5) is 2.62. The molecule has 0 radical (unpaired) electrons. The molecule has 25 heavy (non-hydrogen) atoms. The quantitative estimate of drug-likeness (QED) is 0.908. The summed E-state index contributed by atoms with van der Waals surface area (Å²) in [6.45, 7) is 6.59. The van der Waals surface area contributed by atoms with E-state index in [0.717, 1.165) is 18.8 Å². The molecule has 2 saturated heterocycles. The van der Waals surface area contributed by atoms with E-state index in [2.05, 4.69) is 33.5 Å². The number of rotatable bonds is 5. The average molecular weight is 340 g/mol. The van der Waals surface area contributed by atoms with Gasteiger partial charge in [0.05, 0.1) is 13.7 Å². The molecule has 1 spiro atoms. The number of ether oxygens (including phenoxy) is 1. The van der Waals surface area contributed by atoms with Crippen molar-refractivity contribution in [3.05, 3.63) is 47.8 Å². The fraction of sp³-hybridized carbons (Fsp3) is 0.550. The maximum Gasteiger partial charge on any atom is 0.123 e. The van der Waals surface area contributed by atoms with Crippen molar-refractivity contribution in [1.29, 1.82) is 0 Å². The van der Waals surface area contributed by atoms with Gasteiger partial charge >= 0.3 is 0 Å². The summed E-state index contributed by atoms with van der Waals surface area (Å²) in [6, 6.07) is 8.54. The van der Waals surface area contributed by atoms with Crippen LogP contribution in [0.25, 0.3) is 0 Å². The Hall–Kier alpha value is -1.85. The standard InChI is InChI=1S/C20H28N4O/c1-25-19-5-4-17(12-18(19)14-24-10-3-9-22-24)13-23-11-7-20(16-23)6-2-8-21-15-20/h3-5,9-10,12,21H,2,6-8,11,13-16H2,1H3. The minimum Gasteiger partial charge on any atom is -0.496 e. The van der Waals surface area contributed by atoms with Crippen molar-refractivity contribution < 1.29 is 4.74 Å². The smallest absolute Gasteiger partial charge is 0.123 e. The van der Waals surface area contributed by atoms with E-state index in [1.54, 1.807) is 7.11 Å². The van der Waals surface area contributed by atoms with Crippen LogP contribution in [-0.2, 0) is 13.1 Å². The van der Waals surface area contributed by atoms with Gasteiger partial charge in [0, 0.05) is 37.6 Å². The molecule has 5 nitrogen and oxygen atoms in total. The molecule has 0 aliphatic carbocycles. The topological polar surface area (TPSA) is 42.3 Å². The third-order valence-electron chi connectivity index (χ3n) is 5.72. The minimum absolute atomic E-state index is 0.516. The van der Waals surface area contributed by atoms with Crippen molar-refractivity contribution in [2.75, 3.05) is 33.3 Å². The van der Waals surface area contributed by atoms with E-state index in [9.17, 15) is 0 Å². The molecule has 1 unspecified atom stereocenters. The van der Waals surface area contributed by atoms with Crippen LogP contribution >= 0.6 is 0 Å². The SMILES string of the molecule is COc1ccc(CN2CCC3(CCCNC3)C2)cc1Cn1cccn1. The molecular weight excluding hydrogens is 312 g/mol. The summed E-state index contributed by atoms with van der Waals surface area (Å²) in [5.74, 6) is 0.939. The first-order valence-electron chi connectivity index (χ1n) is 9.33. The molecule has 4 rings (SSSR count). The van der Waals surface area contributed by atoms with Gasteiger partial charge in [-0.25, -0.2) is 0 Å². The summed E-state index contributed by atoms with van der Waals surface area (Å²) in [6.07, 6.45) is 7.84. The average Bonchev–Trinajstić information content (AvgIpc) is 3.27. The highest BCUT2D eigenvalue weighted by Crippen LogP contribution is 2.37. The van der Waals surface area contributed by atoms with Crippen LogP contribution in [0.5, 0.6) is 5.75 Å². The van der Waals surface area contributed by atoms with Crippen LogP contribution in [0.2, 0.25) is 0 Å². The summed E-state index contributed by atoms with van der Waals surface area (Å²) in [7, 11) is 1.74. The van der Waals surface area contributed by atoms with Crippen molar-refractivity contribution in [2.24, 2.45) is 5.41 Å². The second kappa shape index (κ2) is 7.18. The van der Waals surface area contributed by atoms with E-state index in [-0.39, 0.29) is 0 Å². The third kappa shape index (κ3) is 3.72. The minimum atomic E-state index is 0.516. The fourth-order valence-corrected chi connectivity index (χ4v) is 4.42. The molecule has 2 fully saturated rings. The van der Waals surface area contributed by atoms with E-state index < -0.39 is 0 Å². The van der Waals surface area contributed by atoms with Gasteiger partial charge in [-0.15, -0.1) is 0 Å². The summed E-state index contributed by atoms with van der Waals surface area (Å²) < 4.78 is 7.49. The van der Waals surface area contributed by atoms with Gasteiger partial charge in [-0.3, -0.25) is 9.58 Å². The van der Waals surface area contributed by atoms with Gasteiger partial charge in [-0.05, 0) is 61.5 Å². The van der Waals surface area contributed by atoms with Crippen molar-refractivity contribution >= 4 is 0 Å². The normalized spacial score (nSPS) is 24.0. The summed E-state index contributed by atoms with van der Waals surface area (Å²) in [5, 5.41) is 7.92. The molecule has 1 atom stereocenters. The van der Waals surface area contributed by atoms with E-state index in [0.29, 0.717) is 5.41 Å². The fourth-order valence-electron chi connectivity index (χ4n) is 4.42. The molecule has 1 N–H and O–H groups in total. The molecule has 2 aliphatic heterocycles. The Balaban J connectivity index is 1.45. The first-order chi connectivity index (χ1) is 12.3. The first kappa shape index (κ1) is 16.6. The van der Waals surface area contributed by atoms with Crippen molar-refractivity contribution in [3.8, 4) is 5.75 Å². The van der Waals surface area contributed by atoms with Crippen LogP contribution in [-0.4, -0.2) is 48.0 Å². The van der Waals surface area contributed by atoms with E-state index >= 15 is 0 Å². The lowest BCUT2D eigenvalue weighted by Crippen LogP contribution is -2.41. The maximum absolute atomic E-state index is 5.55. The highest BCUT2D eigenvalue weighted by Gasteiger charge is 2.38. The number of piperidine rings is 1. The number of benzene rings is 1. The predicted molar refractivity (Wildman–Crippen MR) is 98.8 cm³/mol. The van der Waals surface area contributed by atoms with Gasteiger partial charge in [0.25, 0.3) is 0 Å². The Bertz CT molecular complexity index is 692. The molecular formula is C20H28N4O. The molecule has 1 aromatic carbocycles. The summed E-state index contributed by atoms with van der Waals surface area (Å²) >= 11 is 0. The molecule has 1 aromatic heterocycles.